The monoisotopic (exact) mass is 279 g/mol. The van der Waals surface area contributed by atoms with E-state index in [-0.39, 0.29) is 17.3 Å². The zero-order chi connectivity index (χ0) is 14.4. The quantitative estimate of drug-likeness (QED) is 0.871. The maximum atomic E-state index is 14.1. The van der Waals surface area contributed by atoms with Crippen LogP contribution in [0.5, 0.6) is 0 Å². The molecular formula is C15H22FN3O. The molecule has 0 aromatic carbocycles. The third-order valence-electron chi connectivity index (χ3n) is 3.75. The van der Waals surface area contributed by atoms with Gasteiger partial charge in [-0.1, -0.05) is 19.3 Å². The van der Waals surface area contributed by atoms with Crippen LogP contribution in [0.25, 0.3) is 0 Å². The highest BCUT2D eigenvalue weighted by molar-refractivity contribution is 5.95. The summed E-state index contributed by atoms with van der Waals surface area (Å²) in [6, 6.07) is 1.42. The average Bonchev–Trinajstić information content (AvgIpc) is 2.48. The summed E-state index contributed by atoms with van der Waals surface area (Å²) in [6.07, 6.45) is 7.51. The SMILES string of the molecule is CCNc1nccc(C(=O)NCC2CCCCC2)c1F. The first-order chi connectivity index (χ1) is 9.72. The van der Waals surface area contributed by atoms with Crippen molar-refractivity contribution >= 4 is 11.7 Å². The van der Waals surface area contributed by atoms with E-state index in [2.05, 4.69) is 15.6 Å². The summed E-state index contributed by atoms with van der Waals surface area (Å²) >= 11 is 0. The Morgan fingerprint density at radius 3 is 2.85 bits per heavy atom. The second kappa shape index (κ2) is 7.22. The summed E-state index contributed by atoms with van der Waals surface area (Å²) in [5.41, 5.74) is 0.0618. The van der Waals surface area contributed by atoms with Gasteiger partial charge in [0.25, 0.3) is 5.91 Å². The van der Waals surface area contributed by atoms with Crippen molar-refractivity contribution in [1.29, 1.82) is 0 Å². The fraction of sp³-hybridized carbons (Fsp3) is 0.600. The van der Waals surface area contributed by atoms with Crippen LogP contribution >= 0.6 is 0 Å². The Kier molecular flexibility index (Phi) is 5.32. The molecule has 0 aliphatic heterocycles. The lowest BCUT2D eigenvalue weighted by Gasteiger charge is -2.21. The largest absolute Gasteiger partial charge is 0.368 e. The maximum Gasteiger partial charge on any atom is 0.254 e. The zero-order valence-corrected chi connectivity index (χ0v) is 11.9. The van der Waals surface area contributed by atoms with Gasteiger partial charge in [-0.15, -0.1) is 0 Å². The van der Waals surface area contributed by atoms with Crippen molar-refractivity contribution in [1.82, 2.24) is 10.3 Å². The van der Waals surface area contributed by atoms with Crippen LogP contribution < -0.4 is 10.6 Å². The predicted octanol–water partition coefficient (Wildman–Crippen LogP) is 2.96. The average molecular weight is 279 g/mol. The first-order valence-electron chi connectivity index (χ1n) is 7.39. The van der Waals surface area contributed by atoms with Gasteiger partial charge in [0, 0.05) is 19.3 Å². The number of rotatable bonds is 5. The van der Waals surface area contributed by atoms with Crippen LogP contribution in [0.3, 0.4) is 0 Å². The van der Waals surface area contributed by atoms with Crippen LogP contribution in [0, 0.1) is 11.7 Å². The number of hydrogen-bond acceptors (Lipinski definition) is 3. The van der Waals surface area contributed by atoms with Crippen LogP contribution in [-0.2, 0) is 0 Å². The van der Waals surface area contributed by atoms with Gasteiger partial charge in [0.05, 0.1) is 5.56 Å². The molecule has 1 amide bonds. The van der Waals surface area contributed by atoms with Crippen molar-refractivity contribution in [2.45, 2.75) is 39.0 Å². The minimum absolute atomic E-state index is 0.0618. The Bertz CT molecular complexity index is 458. The number of carbonyl (C=O) groups is 1. The molecule has 1 aromatic rings. The summed E-state index contributed by atoms with van der Waals surface area (Å²) in [7, 11) is 0. The molecule has 1 fully saturated rings. The first-order valence-corrected chi connectivity index (χ1v) is 7.39. The lowest BCUT2D eigenvalue weighted by Crippen LogP contribution is -2.31. The van der Waals surface area contributed by atoms with E-state index >= 15 is 0 Å². The fourth-order valence-electron chi connectivity index (χ4n) is 2.63. The summed E-state index contributed by atoms with van der Waals surface area (Å²) in [5.74, 6) is -0.256. The third-order valence-corrected chi connectivity index (χ3v) is 3.75. The smallest absolute Gasteiger partial charge is 0.254 e. The van der Waals surface area contributed by atoms with E-state index in [9.17, 15) is 9.18 Å². The van der Waals surface area contributed by atoms with Gasteiger partial charge in [0.2, 0.25) is 0 Å². The van der Waals surface area contributed by atoms with Crippen LogP contribution in [-0.4, -0.2) is 24.0 Å². The lowest BCUT2D eigenvalue weighted by molar-refractivity contribution is 0.0939. The summed E-state index contributed by atoms with van der Waals surface area (Å²) in [6.45, 7) is 3.06. The van der Waals surface area contributed by atoms with Gasteiger partial charge in [0.1, 0.15) is 0 Å². The van der Waals surface area contributed by atoms with E-state index in [0.29, 0.717) is 19.0 Å². The van der Waals surface area contributed by atoms with Crippen molar-refractivity contribution in [2.75, 3.05) is 18.4 Å². The van der Waals surface area contributed by atoms with E-state index in [1.165, 1.54) is 31.5 Å². The molecule has 0 atom stereocenters. The molecule has 2 N–H and O–H groups in total. The zero-order valence-electron chi connectivity index (χ0n) is 11.9. The molecule has 2 rings (SSSR count). The number of nitrogens with zero attached hydrogens (tertiary/aromatic N) is 1. The minimum Gasteiger partial charge on any atom is -0.368 e. The van der Waals surface area contributed by atoms with Crippen LogP contribution in [0.2, 0.25) is 0 Å². The molecular weight excluding hydrogens is 257 g/mol. The number of pyridine rings is 1. The van der Waals surface area contributed by atoms with Crippen molar-refractivity contribution in [2.24, 2.45) is 5.92 Å². The molecule has 20 heavy (non-hydrogen) atoms. The van der Waals surface area contributed by atoms with E-state index in [1.807, 2.05) is 6.92 Å². The lowest BCUT2D eigenvalue weighted by atomic mass is 9.89. The molecule has 0 bridgehead atoms. The Morgan fingerprint density at radius 2 is 2.15 bits per heavy atom. The molecule has 0 radical (unpaired) electrons. The molecule has 110 valence electrons. The van der Waals surface area contributed by atoms with E-state index in [1.54, 1.807) is 0 Å². The van der Waals surface area contributed by atoms with Gasteiger partial charge in [-0.3, -0.25) is 4.79 Å². The second-order valence-corrected chi connectivity index (χ2v) is 5.27. The van der Waals surface area contributed by atoms with Crippen molar-refractivity contribution in [3.05, 3.63) is 23.6 Å². The van der Waals surface area contributed by atoms with Crippen LogP contribution in [0.4, 0.5) is 10.2 Å². The van der Waals surface area contributed by atoms with E-state index in [0.717, 1.165) is 12.8 Å². The molecule has 5 heteroatoms. The minimum atomic E-state index is -0.574. The highest BCUT2D eigenvalue weighted by atomic mass is 19.1. The molecule has 1 aliphatic carbocycles. The van der Waals surface area contributed by atoms with Crippen molar-refractivity contribution < 1.29 is 9.18 Å². The van der Waals surface area contributed by atoms with Gasteiger partial charge in [-0.25, -0.2) is 9.37 Å². The Hall–Kier alpha value is -1.65. The van der Waals surface area contributed by atoms with Gasteiger partial charge < -0.3 is 10.6 Å². The number of hydrogen-bond donors (Lipinski definition) is 2. The fourth-order valence-corrected chi connectivity index (χ4v) is 2.63. The highest BCUT2D eigenvalue weighted by Crippen LogP contribution is 2.23. The van der Waals surface area contributed by atoms with Crippen LogP contribution in [0.1, 0.15) is 49.4 Å². The highest BCUT2D eigenvalue weighted by Gasteiger charge is 2.18. The molecule has 0 saturated heterocycles. The Morgan fingerprint density at radius 1 is 1.40 bits per heavy atom. The standard InChI is InChI=1S/C15H22FN3O/c1-2-17-14-13(16)12(8-9-18-14)15(20)19-10-11-6-4-3-5-7-11/h8-9,11H,2-7,10H2,1H3,(H,17,18)(H,19,20). The molecule has 0 spiro atoms. The number of anilines is 1. The maximum absolute atomic E-state index is 14.1. The molecule has 1 heterocycles. The van der Waals surface area contributed by atoms with Gasteiger partial charge in [-0.2, -0.15) is 0 Å². The second-order valence-electron chi connectivity index (χ2n) is 5.27. The van der Waals surface area contributed by atoms with E-state index in [4.69, 9.17) is 0 Å². The summed E-state index contributed by atoms with van der Waals surface area (Å²) in [4.78, 5) is 16.0. The normalized spacial score (nSPS) is 15.9. The number of carbonyl (C=O) groups excluding carboxylic acids is 1. The Labute approximate surface area is 119 Å². The van der Waals surface area contributed by atoms with Gasteiger partial charge >= 0.3 is 0 Å². The van der Waals surface area contributed by atoms with Crippen molar-refractivity contribution in [3.8, 4) is 0 Å². The summed E-state index contributed by atoms with van der Waals surface area (Å²) < 4.78 is 14.1. The number of amides is 1. The third kappa shape index (κ3) is 3.68. The van der Waals surface area contributed by atoms with Crippen LogP contribution in [0.15, 0.2) is 12.3 Å². The predicted molar refractivity (Wildman–Crippen MR) is 77.3 cm³/mol. The topological polar surface area (TPSA) is 54.0 Å². The van der Waals surface area contributed by atoms with E-state index < -0.39 is 5.82 Å². The molecule has 1 aliphatic rings. The number of nitrogens with one attached hydrogen (secondary N) is 2. The molecule has 1 aromatic heterocycles. The Balaban J connectivity index is 1.96. The first kappa shape index (κ1) is 14.8. The number of aromatic nitrogens is 1. The van der Waals surface area contributed by atoms with Gasteiger partial charge in [0.15, 0.2) is 11.6 Å². The van der Waals surface area contributed by atoms with Gasteiger partial charge in [-0.05, 0) is 31.7 Å². The molecule has 0 unspecified atom stereocenters. The summed E-state index contributed by atoms with van der Waals surface area (Å²) in [5, 5.41) is 5.65. The molecule has 1 saturated carbocycles. The van der Waals surface area contributed by atoms with Crippen molar-refractivity contribution in [3.63, 3.8) is 0 Å². The molecule has 4 nitrogen and oxygen atoms in total. The number of halogens is 1.